The van der Waals surface area contributed by atoms with Gasteiger partial charge >= 0.3 is 18.1 Å². The number of halogens is 3. The van der Waals surface area contributed by atoms with Crippen LogP contribution in [0.2, 0.25) is 0 Å². The number of aliphatic carboxylic acids is 1. The molecule has 2 N–H and O–H groups in total. The maximum atomic E-state index is 11.4. The van der Waals surface area contributed by atoms with Crippen molar-refractivity contribution in [3.63, 3.8) is 0 Å². The van der Waals surface area contributed by atoms with Crippen LogP contribution in [-0.2, 0) is 22.5 Å². The molecule has 0 atom stereocenters. The van der Waals surface area contributed by atoms with Crippen molar-refractivity contribution in [3.05, 3.63) is 17.0 Å². The van der Waals surface area contributed by atoms with Gasteiger partial charge in [-0.1, -0.05) is 5.16 Å². The van der Waals surface area contributed by atoms with Crippen LogP contribution in [-0.4, -0.2) is 41.5 Å². The number of alkyl halides is 3. The van der Waals surface area contributed by atoms with Crippen molar-refractivity contribution >= 4 is 11.9 Å². The number of ether oxygens (including phenoxy) is 1. The van der Waals surface area contributed by atoms with Crippen LogP contribution in [0.25, 0.3) is 0 Å². The Bertz CT molecular complexity index is 512. The fourth-order valence-corrected chi connectivity index (χ4v) is 1.50. The number of esters is 1. The zero-order valence-corrected chi connectivity index (χ0v) is 11.0. The summed E-state index contributed by atoms with van der Waals surface area (Å²) in [6.45, 7) is 3.62. The van der Waals surface area contributed by atoms with Crippen LogP contribution in [0.4, 0.5) is 13.2 Å². The largest absolute Gasteiger partial charge is 0.490 e. The van der Waals surface area contributed by atoms with Gasteiger partial charge in [0, 0.05) is 25.1 Å². The predicted octanol–water partition coefficient (Wildman–Crippen LogP) is 1.13. The van der Waals surface area contributed by atoms with Gasteiger partial charge in [0.2, 0.25) is 0 Å². The standard InChI is InChI=1S/C9H12N2O3.C2HF3O2/c1-2-13-9(12)8-6-5-10-4-3-7(6)14-11-8;3-2(4,5)1(6)7/h10H,2-5H2,1H3;(H,6,7). The van der Waals surface area contributed by atoms with Gasteiger partial charge in [-0.3, -0.25) is 0 Å². The summed E-state index contributed by atoms with van der Waals surface area (Å²) in [4.78, 5) is 20.3. The van der Waals surface area contributed by atoms with Crippen molar-refractivity contribution < 1.29 is 37.1 Å². The molecule has 0 amide bonds. The molecule has 21 heavy (non-hydrogen) atoms. The molecule has 7 nitrogen and oxygen atoms in total. The molecule has 0 saturated carbocycles. The van der Waals surface area contributed by atoms with Crippen molar-refractivity contribution in [3.8, 4) is 0 Å². The number of hydrogen-bond acceptors (Lipinski definition) is 6. The van der Waals surface area contributed by atoms with E-state index >= 15 is 0 Å². The molecule has 1 aromatic rings. The average Bonchev–Trinajstić information content (AvgIpc) is 2.82. The second-order valence-corrected chi connectivity index (χ2v) is 3.88. The van der Waals surface area contributed by atoms with Crippen molar-refractivity contribution in [2.24, 2.45) is 0 Å². The summed E-state index contributed by atoms with van der Waals surface area (Å²) in [6, 6.07) is 0. The summed E-state index contributed by atoms with van der Waals surface area (Å²) < 4.78 is 41.7. The van der Waals surface area contributed by atoms with Crippen molar-refractivity contribution in [1.29, 1.82) is 0 Å². The zero-order chi connectivity index (χ0) is 16.0. The number of nitrogens with zero attached hydrogens (tertiary/aromatic N) is 1. The van der Waals surface area contributed by atoms with Crippen LogP contribution in [0.1, 0.15) is 28.7 Å². The first-order chi connectivity index (χ1) is 9.77. The van der Waals surface area contributed by atoms with Gasteiger partial charge in [-0.2, -0.15) is 13.2 Å². The average molecular weight is 310 g/mol. The number of carboxylic acid groups (broad SMARTS) is 1. The van der Waals surface area contributed by atoms with E-state index in [0.29, 0.717) is 18.8 Å². The maximum absolute atomic E-state index is 11.4. The van der Waals surface area contributed by atoms with Gasteiger partial charge in [0.05, 0.1) is 6.61 Å². The lowest BCUT2D eigenvalue weighted by Gasteiger charge is -2.10. The Labute approximate surface area is 117 Å². The summed E-state index contributed by atoms with van der Waals surface area (Å²) in [6.07, 6.45) is -4.30. The van der Waals surface area contributed by atoms with E-state index in [1.54, 1.807) is 6.92 Å². The molecule has 0 aromatic carbocycles. The lowest BCUT2D eigenvalue weighted by Crippen LogP contribution is -2.24. The van der Waals surface area contributed by atoms with E-state index < -0.39 is 18.1 Å². The molecule has 10 heteroatoms. The molecule has 0 aliphatic carbocycles. The number of carbonyl (C=O) groups is 2. The fraction of sp³-hybridized carbons (Fsp3) is 0.545. The third-order valence-corrected chi connectivity index (χ3v) is 2.41. The van der Waals surface area contributed by atoms with E-state index in [-0.39, 0.29) is 0 Å². The lowest BCUT2D eigenvalue weighted by atomic mass is 10.1. The summed E-state index contributed by atoms with van der Waals surface area (Å²) >= 11 is 0. The third-order valence-electron chi connectivity index (χ3n) is 2.41. The van der Waals surface area contributed by atoms with Crippen LogP contribution < -0.4 is 5.32 Å². The molecule has 0 unspecified atom stereocenters. The third kappa shape index (κ3) is 4.74. The van der Waals surface area contributed by atoms with Crippen LogP contribution in [0, 0.1) is 0 Å². The Morgan fingerprint density at radius 1 is 1.48 bits per heavy atom. The first-order valence-electron chi connectivity index (χ1n) is 5.92. The van der Waals surface area contributed by atoms with Crippen molar-refractivity contribution in [2.75, 3.05) is 13.2 Å². The molecule has 0 bridgehead atoms. The van der Waals surface area contributed by atoms with E-state index in [0.717, 1.165) is 24.3 Å². The number of carbonyl (C=O) groups excluding carboxylic acids is 1. The number of nitrogens with one attached hydrogen (secondary N) is 1. The Hall–Kier alpha value is -2.10. The molecule has 0 spiro atoms. The number of aromatic nitrogens is 1. The fourth-order valence-electron chi connectivity index (χ4n) is 1.50. The molecule has 2 heterocycles. The Balaban J connectivity index is 0.000000270. The SMILES string of the molecule is CCOC(=O)c1noc2c1CNCC2.O=C(O)C(F)(F)F. The van der Waals surface area contributed by atoms with Crippen molar-refractivity contribution in [1.82, 2.24) is 10.5 Å². The second-order valence-electron chi connectivity index (χ2n) is 3.88. The van der Waals surface area contributed by atoms with Gasteiger partial charge in [0.25, 0.3) is 0 Å². The molecule has 2 rings (SSSR count). The van der Waals surface area contributed by atoms with Gasteiger partial charge in [-0.25, -0.2) is 9.59 Å². The molecule has 0 radical (unpaired) electrons. The number of rotatable bonds is 2. The highest BCUT2D eigenvalue weighted by atomic mass is 19.4. The summed E-state index contributed by atoms with van der Waals surface area (Å²) in [5, 5.41) is 14.0. The quantitative estimate of drug-likeness (QED) is 0.789. The molecule has 1 aliphatic rings. The summed E-state index contributed by atoms with van der Waals surface area (Å²) in [7, 11) is 0. The molecule has 0 saturated heterocycles. The van der Waals surface area contributed by atoms with Gasteiger partial charge in [0.15, 0.2) is 5.69 Å². The van der Waals surface area contributed by atoms with E-state index in [1.165, 1.54) is 0 Å². The van der Waals surface area contributed by atoms with E-state index in [2.05, 4.69) is 10.5 Å². The summed E-state index contributed by atoms with van der Waals surface area (Å²) in [5.74, 6) is -2.36. The molecule has 1 aliphatic heterocycles. The predicted molar refractivity (Wildman–Crippen MR) is 61.6 cm³/mol. The molecular weight excluding hydrogens is 297 g/mol. The van der Waals surface area contributed by atoms with Crippen LogP contribution >= 0.6 is 0 Å². The maximum Gasteiger partial charge on any atom is 0.490 e. The molecular formula is C11H13F3N2O5. The minimum atomic E-state index is -5.08. The topological polar surface area (TPSA) is 102 Å². The lowest BCUT2D eigenvalue weighted by molar-refractivity contribution is -0.192. The normalized spacial score (nSPS) is 13.7. The number of hydrogen-bond donors (Lipinski definition) is 2. The van der Waals surface area contributed by atoms with Crippen molar-refractivity contribution in [2.45, 2.75) is 26.1 Å². The number of fused-ring (bicyclic) bond motifs is 1. The van der Waals surface area contributed by atoms with E-state index in [4.69, 9.17) is 19.2 Å². The highest BCUT2D eigenvalue weighted by Crippen LogP contribution is 2.18. The first kappa shape index (κ1) is 17.0. The second kappa shape index (κ2) is 7.07. The smallest absolute Gasteiger partial charge is 0.475 e. The minimum Gasteiger partial charge on any atom is -0.475 e. The molecule has 1 aromatic heterocycles. The monoisotopic (exact) mass is 310 g/mol. The van der Waals surface area contributed by atoms with Crippen LogP contribution in [0.3, 0.4) is 0 Å². The number of carboxylic acids is 1. The van der Waals surface area contributed by atoms with Crippen LogP contribution in [0.5, 0.6) is 0 Å². The van der Waals surface area contributed by atoms with Gasteiger partial charge < -0.3 is 19.7 Å². The van der Waals surface area contributed by atoms with Gasteiger partial charge in [-0.05, 0) is 6.92 Å². The zero-order valence-electron chi connectivity index (χ0n) is 11.0. The first-order valence-corrected chi connectivity index (χ1v) is 5.92. The Morgan fingerprint density at radius 2 is 2.10 bits per heavy atom. The van der Waals surface area contributed by atoms with Crippen LogP contribution in [0.15, 0.2) is 4.52 Å². The van der Waals surface area contributed by atoms with E-state index in [1.807, 2.05) is 0 Å². The highest BCUT2D eigenvalue weighted by molar-refractivity contribution is 5.89. The minimum absolute atomic E-state index is 0.314. The Kier molecular flexibility index (Phi) is 5.70. The molecule has 0 fully saturated rings. The van der Waals surface area contributed by atoms with Gasteiger partial charge in [-0.15, -0.1) is 0 Å². The highest BCUT2D eigenvalue weighted by Gasteiger charge is 2.38. The summed E-state index contributed by atoms with van der Waals surface area (Å²) in [5.41, 5.74) is 1.16. The molecule has 118 valence electrons. The van der Waals surface area contributed by atoms with Gasteiger partial charge in [0.1, 0.15) is 5.76 Å². The van der Waals surface area contributed by atoms with E-state index in [9.17, 15) is 18.0 Å². The Morgan fingerprint density at radius 3 is 2.62 bits per heavy atom.